The van der Waals surface area contributed by atoms with Crippen molar-refractivity contribution in [3.63, 3.8) is 0 Å². The SMILES string of the molecule is Cc1nc(COC(=O)c2cncn2C)no1. The summed E-state index contributed by atoms with van der Waals surface area (Å²) >= 11 is 0. The highest BCUT2D eigenvalue weighted by molar-refractivity contribution is 5.87. The summed E-state index contributed by atoms with van der Waals surface area (Å²) < 4.78 is 11.3. The van der Waals surface area contributed by atoms with Crippen LogP contribution in [0.15, 0.2) is 17.0 Å². The Morgan fingerprint density at radius 2 is 2.44 bits per heavy atom. The predicted molar refractivity (Wildman–Crippen MR) is 51.4 cm³/mol. The van der Waals surface area contributed by atoms with Crippen LogP contribution in [0, 0.1) is 6.92 Å². The fraction of sp³-hybridized carbons (Fsp3) is 0.333. The van der Waals surface area contributed by atoms with Crippen LogP contribution in [-0.4, -0.2) is 25.7 Å². The van der Waals surface area contributed by atoms with Crippen LogP contribution in [-0.2, 0) is 18.4 Å². The maximum atomic E-state index is 11.5. The lowest BCUT2D eigenvalue weighted by molar-refractivity contribution is 0.0448. The highest BCUT2D eigenvalue weighted by atomic mass is 16.5. The highest BCUT2D eigenvalue weighted by Crippen LogP contribution is 2.03. The van der Waals surface area contributed by atoms with Crippen molar-refractivity contribution >= 4 is 5.97 Å². The molecule has 0 aliphatic rings. The van der Waals surface area contributed by atoms with Crippen molar-refractivity contribution in [3.8, 4) is 0 Å². The predicted octanol–water partition coefficient (Wildman–Crippen LogP) is 0.469. The second-order valence-corrected chi connectivity index (χ2v) is 3.20. The number of carbonyl (C=O) groups is 1. The van der Waals surface area contributed by atoms with E-state index in [1.54, 1.807) is 18.5 Å². The van der Waals surface area contributed by atoms with Crippen molar-refractivity contribution in [2.24, 2.45) is 7.05 Å². The van der Waals surface area contributed by atoms with Gasteiger partial charge in [-0.25, -0.2) is 9.78 Å². The van der Waals surface area contributed by atoms with E-state index in [0.29, 0.717) is 17.4 Å². The number of rotatable bonds is 3. The van der Waals surface area contributed by atoms with Crippen LogP contribution in [0.3, 0.4) is 0 Å². The van der Waals surface area contributed by atoms with Crippen molar-refractivity contribution in [1.82, 2.24) is 19.7 Å². The summed E-state index contributed by atoms with van der Waals surface area (Å²) in [5, 5.41) is 3.61. The Morgan fingerprint density at radius 1 is 1.62 bits per heavy atom. The van der Waals surface area contributed by atoms with Gasteiger partial charge in [0.1, 0.15) is 5.69 Å². The lowest BCUT2D eigenvalue weighted by Gasteiger charge is -2.01. The van der Waals surface area contributed by atoms with Crippen LogP contribution in [0.5, 0.6) is 0 Å². The molecule has 0 N–H and O–H groups in total. The van der Waals surface area contributed by atoms with Gasteiger partial charge in [0.05, 0.1) is 12.5 Å². The molecule has 0 unspecified atom stereocenters. The van der Waals surface area contributed by atoms with Gasteiger partial charge in [-0.3, -0.25) is 0 Å². The van der Waals surface area contributed by atoms with Crippen molar-refractivity contribution in [2.75, 3.05) is 0 Å². The van der Waals surface area contributed by atoms with Crippen LogP contribution in [0.4, 0.5) is 0 Å². The standard InChI is InChI=1S/C9H10N4O3/c1-6-11-8(12-16-6)4-15-9(14)7-3-10-5-13(7)2/h3,5H,4H2,1-2H3. The van der Waals surface area contributed by atoms with Gasteiger partial charge in [-0.15, -0.1) is 0 Å². The van der Waals surface area contributed by atoms with Gasteiger partial charge < -0.3 is 13.8 Å². The normalized spacial score (nSPS) is 10.4. The third-order valence-corrected chi connectivity index (χ3v) is 1.93. The molecule has 84 valence electrons. The molecule has 0 atom stereocenters. The molecule has 0 radical (unpaired) electrons. The Labute approximate surface area is 91.0 Å². The maximum Gasteiger partial charge on any atom is 0.357 e. The molecule has 2 heterocycles. The van der Waals surface area contributed by atoms with E-state index in [0.717, 1.165) is 0 Å². The Morgan fingerprint density at radius 3 is 3.00 bits per heavy atom. The Kier molecular flexibility index (Phi) is 2.67. The van der Waals surface area contributed by atoms with Gasteiger partial charge in [-0.05, 0) is 0 Å². The van der Waals surface area contributed by atoms with E-state index in [1.165, 1.54) is 12.5 Å². The molecule has 0 fully saturated rings. The molecule has 0 aliphatic heterocycles. The van der Waals surface area contributed by atoms with Crippen molar-refractivity contribution in [1.29, 1.82) is 0 Å². The molecule has 0 amide bonds. The van der Waals surface area contributed by atoms with Crippen LogP contribution in [0.25, 0.3) is 0 Å². The average Bonchev–Trinajstić information content (AvgIpc) is 2.84. The zero-order valence-electron chi connectivity index (χ0n) is 8.88. The van der Waals surface area contributed by atoms with E-state index in [1.807, 2.05) is 0 Å². The molecule has 2 aromatic rings. The van der Waals surface area contributed by atoms with Crippen LogP contribution in [0.1, 0.15) is 22.2 Å². The van der Waals surface area contributed by atoms with Crippen molar-refractivity contribution in [3.05, 3.63) is 29.9 Å². The molecule has 0 aromatic carbocycles. The monoisotopic (exact) mass is 222 g/mol. The van der Waals surface area contributed by atoms with E-state index in [4.69, 9.17) is 9.26 Å². The quantitative estimate of drug-likeness (QED) is 0.702. The Balaban J connectivity index is 1.96. The molecule has 16 heavy (non-hydrogen) atoms. The summed E-state index contributed by atoms with van der Waals surface area (Å²) in [5.74, 6) is 0.307. The minimum atomic E-state index is -0.470. The number of ether oxygens (including phenoxy) is 1. The Bertz CT molecular complexity index is 502. The molecule has 2 aromatic heterocycles. The number of nitrogens with zero attached hydrogens (tertiary/aromatic N) is 4. The summed E-state index contributed by atoms with van der Waals surface area (Å²) in [6.45, 7) is 1.65. The number of aromatic nitrogens is 4. The molecule has 0 saturated carbocycles. The molecule has 7 nitrogen and oxygen atoms in total. The molecule has 0 spiro atoms. The summed E-state index contributed by atoms with van der Waals surface area (Å²) in [6, 6.07) is 0. The lowest BCUT2D eigenvalue weighted by Crippen LogP contribution is -2.10. The summed E-state index contributed by atoms with van der Waals surface area (Å²) in [6.07, 6.45) is 2.96. The zero-order valence-corrected chi connectivity index (χ0v) is 8.88. The maximum absolute atomic E-state index is 11.5. The second kappa shape index (κ2) is 4.13. The first kappa shape index (κ1) is 10.3. The van der Waals surface area contributed by atoms with Crippen LogP contribution in [0.2, 0.25) is 0 Å². The number of hydrogen-bond acceptors (Lipinski definition) is 6. The van der Waals surface area contributed by atoms with E-state index in [9.17, 15) is 4.79 Å². The fourth-order valence-electron chi connectivity index (χ4n) is 1.16. The van der Waals surface area contributed by atoms with E-state index >= 15 is 0 Å². The highest BCUT2D eigenvalue weighted by Gasteiger charge is 2.12. The van der Waals surface area contributed by atoms with Gasteiger partial charge >= 0.3 is 5.97 Å². The summed E-state index contributed by atoms with van der Waals surface area (Å²) in [4.78, 5) is 19.3. The average molecular weight is 222 g/mol. The number of esters is 1. The number of aryl methyl sites for hydroxylation is 2. The smallest absolute Gasteiger partial charge is 0.357 e. The first-order valence-electron chi connectivity index (χ1n) is 4.59. The third kappa shape index (κ3) is 2.08. The number of imidazole rings is 1. The molecule has 2 rings (SSSR count). The molecule has 0 aliphatic carbocycles. The van der Waals surface area contributed by atoms with Gasteiger partial charge in [-0.2, -0.15) is 4.98 Å². The third-order valence-electron chi connectivity index (χ3n) is 1.93. The van der Waals surface area contributed by atoms with Crippen molar-refractivity contribution in [2.45, 2.75) is 13.5 Å². The summed E-state index contributed by atoms with van der Waals surface area (Å²) in [7, 11) is 1.71. The first-order chi connectivity index (χ1) is 7.66. The number of hydrogen-bond donors (Lipinski definition) is 0. The van der Waals surface area contributed by atoms with Gasteiger partial charge in [0.25, 0.3) is 0 Å². The van der Waals surface area contributed by atoms with Crippen LogP contribution < -0.4 is 0 Å². The lowest BCUT2D eigenvalue weighted by atomic mass is 10.5. The van der Waals surface area contributed by atoms with Gasteiger partial charge in [0, 0.05) is 14.0 Å². The first-order valence-corrected chi connectivity index (χ1v) is 4.59. The number of carbonyl (C=O) groups excluding carboxylic acids is 1. The molecule has 0 bridgehead atoms. The fourth-order valence-corrected chi connectivity index (χ4v) is 1.16. The van der Waals surface area contributed by atoms with E-state index < -0.39 is 5.97 Å². The minimum Gasteiger partial charge on any atom is -0.453 e. The minimum absolute atomic E-state index is 0.0125. The molecule has 0 saturated heterocycles. The summed E-state index contributed by atoms with van der Waals surface area (Å²) in [5.41, 5.74) is 0.375. The largest absolute Gasteiger partial charge is 0.453 e. The molecular formula is C9H10N4O3. The molecule has 7 heteroatoms. The second-order valence-electron chi connectivity index (χ2n) is 3.20. The van der Waals surface area contributed by atoms with Crippen LogP contribution >= 0.6 is 0 Å². The van der Waals surface area contributed by atoms with Crippen molar-refractivity contribution < 1.29 is 14.1 Å². The van der Waals surface area contributed by atoms with Gasteiger partial charge in [0.15, 0.2) is 6.61 Å². The topological polar surface area (TPSA) is 83.0 Å². The Hall–Kier alpha value is -2.18. The zero-order chi connectivity index (χ0) is 11.5. The van der Waals surface area contributed by atoms with E-state index in [-0.39, 0.29) is 6.61 Å². The van der Waals surface area contributed by atoms with Gasteiger partial charge in [-0.1, -0.05) is 5.16 Å². The van der Waals surface area contributed by atoms with E-state index in [2.05, 4.69) is 15.1 Å². The van der Waals surface area contributed by atoms with Gasteiger partial charge in [0.2, 0.25) is 11.7 Å². The molecular weight excluding hydrogens is 212 g/mol.